The van der Waals surface area contributed by atoms with Crippen LogP contribution >= 0.6 is 11.3 Å². The molecule has 0 radical (unpaired) electrons. The first-order chi connectivity index (χ1) is 10.3. The number of fused-ring (bicyclic) bond motifs is 1. The monoisotopic (exact) mass is 306 g/mol. The fourth-order valence-corrected chi connectivity index (χ4v) is 3.66. The number of anilines is 1. The number of ether oxygens (including phenoxy) is 1. The molecule has 0 saturated carbocycles. The minimum atomic E-state index is 0.292. The number of nitrogens with zero attached hydrogens (tertiary/aromatic N) is 3. The van der Waals surface area contributed by atoms with Crippen LogP contribution in [0.4, 0.5) is 5.95 Å². The second-order valence-electron chi connectivity index (χ2n) is 5.42. The molecule has 1 fully saturated rings. The van der Waals surface area contributed by atoms with E-state index in [9.17, 15) is 0 Å². The van der Waals surface area contributed by atoms with Gasteiger partial charge in [-0.1, -0.05) is 13.3 Å². The van der Waals surface area contributed by atoms with Crippen molar-refractivity contribution < 1.29 is 4.74 Å². The molecule has 0 aliphatic carbocycles. The molecule has 0 atom stereocenters. The normalized spacial score (nSPS) is 16.4. The number of piperidine rings is 1. The molecule has 0 bridgehead atoms. The lowest BCUT2D eigenvalue weighted by molar-refractivity contribution is 0.181. The van der Waals surface area contributed by atoms with Crippen LogP contribution in [-0.4, -0.2) is 41.1 Å². The van der Waals surface area contributed by atoms with Gasteiger partial charge in [0.1, 0.15) is 11.4 Å². The lowest BCUT2D eigenvalue weighted by Gasteiger charge is -2.26. The van der Waals surface area contributed by atoms with Gasteiger partial charge in [0.2, 0.25) is 11.8 Å². The second-order valence-corrected chi connectivity index (χ2v) is 6.54. The van der Waals surface area contributed by atoms with E-state index in [1.54, 1.807) is 11.3 Å². The van der Waals surface area contributed by atoms with E-state index in [1.165, 1.54) is 37.2 Å². The third-order valence-corrected chi connectivity index (χ3v) is 5.04. The Bertz CT molecular complexity index is 607. The molecular formula is C15H22N4OS. The van der Waals surface area contributed by atoms with Crippen molar-refractivity contribution in [3.05, 3.63) is 10.9 Å². The third kappa shape index (κ3) is 3.44. The van der Waals surface area contributed by atoms with E-state index >= 15 is 0 Å². The predicted octanol–water partition coefficient (Wildman–Crippen LogP) is 2.70. The summed E-state index contributed by atoms with van der Waals surface area (Å²) >= 11 is 1.67. The van der Waals surface area contributed by atoms with Gasteiger partial charge in [0.15, 0.2) is 0 Å². The fraction of sp³-hybridized carbons (Fsp3) is 0.600. The number of hydrogen-bond acceptors (Lipinski definition) is 6. The highest BCUT2D eigenvalue weighted by Gasteiger charge is 2.13. The first kappa shape index (κ1) is 14.5. The van der Waals surface area contributed by atoms with Crippen molar-refractivity contribution in [3.8, 4) is 5.88 Å². The molecule has 0 spiro atoms. The Labute approximate surface area is 129 Å². The van der Waals surface area contributed by atoms with E-state index in [-0.39, 0.29) is 0 Å². The van der Waals surface area contributed by atoms with Crippen molar-refractivity contribution in [2.75, 3.05) is 32.0 Å². The van der Waals surface area contributed by atoms with E-state index in [4.69, 9.17) is 10.5 Å². The molecule has 3 rings (SSSR count). The lowest BCUT2D eigenvalue weighted by Crippen LogP contribution is -2.33. The number of likely N-dealkylation sites (tertiary alicyclic amines) is 1. The van der Waals surface area contributed by atoms with Crippen LogP contribution in [0.3, 0.4) is 0 Å². The first-order valence-electron chi connectivity index (χ1n) is 7.67. The van der Waals surface area contributed by atoms with Gasteiger partial charge in [0, 0.05) is 11.4 Å². The quantitative estimate of drug-likeness (QED) is 0.920. The van der Waals surface area contributed by atoms with Gasteiger partial charge in [-0.25, -0.2) is 4.98 Å². The summed E-state index contributed by atoms with van der Waals surface area (Å²) in [5.41, 5.74) is 5.78. The zero-order valence-electron chi connectivity index (χ0n) is 12.5. The molecule has 2 N–H and O–H groups in total. The van der Waals surface area contributed by atoms with Crippen LogP contribution in [0.1, 0.15) is 31.1 Å². The van der Waals surface area contributed by atoms with E-state index in [1.807, 2.05) is 0 Å². The molecule has 114 valence electrons. The fourth-order valence-electron chi connectivity index (χ4n) is 2.70. The Morgan fingerprint density at radius 3 is 2.86 bits per heavy atom. The van der Waals surface area contributed by atoms with E-state index < -0.39 is 0 Å². The molecule has 1 aliphatic rings. The van der Waals surface area contributed by atoms with Crippen LogP contribution in [0.2, 0.25) is 0 Å². The zero-order chi connectivity index (χ0) is 14.7. The number of aryl methyl sites for hydroxylation is 1. The van der Waals surface area contributed by atoms with Crippen LogP contribution in [-0.2, 0) is 6.42 Å². The number of thiophene rings is 1. The molecule has 0 aromatic carbocycles. The third-order valence-electron chi connectivity index (χ3n) is 3.87. The van der Waals surface area contributed by atoms with Crippen molar-refractivity contribution >= 4 is 27.5 Å². The minimum Gasteiger partial charge on any atom is -0.476 e. The Morgan fingerprint density at radius 1 is 1.29 bits per heavy atom. The smallest absolute Gasteiger partial charge is 0.227 e. The van der Waals surface area contributed by atoms with E-state index in [0.29, 0.717) is 18.4 Å². The Morgan fingerprint density at radius 2 is 2.10 bits per heavy atom. The molecule has 3 heterocycles. The van der Waals surface area contributed by atoms with Gasteiger partial charge < -0.3 is 10.5 Å². The Kier molecular flexibility index (Phi) is 4.55. The zero-order valence-corrected chi connectivity index (χ0v) is 13.3. The van der Waals surface area contributed by atoms with Crippen molar-refractivity contribution in [1.82, 2.24) is 14.9 Å². The number of nitrogen functional groups attached to an aromatic ring is 1. The van der Waals surface area contributed by atoms with E-state index in [0.717, 1.165) is 23.2 Å². The summed E-state index contributed by atoms with van der Waals surface area (Å²) < 4.78 is 5.89. The standard InChI is InChI=1S/C15H22N4OS/c1-2-11-10-12-13(17-15(16)18-14(12)21-11)20-9-8-19-6-4-3-5-7-19/h10H,2-9H2,1H3,(H2,16,17,18). The first-order valence-corrected chi connectivity index (χ1v) is 8.49. The molecule has 21 heavy (non-hydrogen) atoms. The molecule has 0 unspecified atom stereocenters. The average molecular weight is 306 g/mol. The largest absolute Gasteiger partial charge is 0.476 e. The summed E-state index contributed by atoms with van der Waals surface area (Å²) in [6, 6.07) is 2.12. The summed E-state index contributed by atoms with van der Waals surface area (Å²) in [4.78, 5) is 13.2. The molecular weight excluding hydrogens is 284 g/mol. The van der Waals surface area contributed by atoms with Gasteiger partial charge in [0.05, 0.1) is 5.39 Å². The van der Waals surface area contributed by atoms with Crippen LogP contribution in [0.5, 0.6) is 5.88 Å². The Balaban J connectivity index is 1.69. The lowest BCUT2D eigenvalue weighted by atomic mass is 10.1. The maximum absolute atomic E-state index is 5.89. The molecule has 1 saturated heterocycles. The summed E-state index contributed by atoms with van der Waals surface area (Å²) in [6.07, 6.45) is 4.95. The summed E-state index contributed by atoms with van der Waals surface area (Å²) in [5, 5.41) is 0.990. The highest BCUT2D eigenvalue weighted by molar-refractivity contribution is 7.18. The number of rotatable bonds is 5. The number of hydrogen-bond donors (Lipinski definition) is 1. The van der Waals surface area contributed by atoms with Crippen molar-refractivity contribution in [2.24, 2.45) is 0 Å². The van der Waals surface area contributed by atoms with Crippen molar-refractivity contribution in [3.63, 3.8) is 0 Å². The molecule has 2 aromatic rings. The minimum absolute atomic E-state index is 0.292. The molecule has 2 aromatic heterocycles. The van der Waals surface area contributed by atoms with Crippen LogP contribution < -0.4 is 10.5 Å². The highest BCUT2D eigenvalue weighted by atomic mass is 32.1. The molecule has 0 amide bonds. The van der Waals surface area contributed by atoms with Gasteiger partial charge >= 0.3 is 0 Å². The van der Waals surface area contributed by atoms with Crippen LogP contribution in [0.15, 0.2) is 6.07 Å². The van der Waals surface area contributed by atoms with Gasteiger partial charge in [-0.3, -0.25) is 4.90 Å². The Hall–Kier alpha value is -1.40. The van der Waals surface area contributed by atoms with Gasteiger partial charge in [-0.2, -0.15) is 4.98 Å². The molecule has 5 nitrogen and oxygen atoms in total. The topological polar surface area (TPSA) is 64.3 Å². The number of aromatic nitrogens is 2. The maximum Gasteiger partial charge on any atom is 0.227 e. The summed E-state index contributed by atoms with van der Waals surface area (Å²) in [7, 11) is 0. The number of nitrogens with two attached hydrogens (primary N) is 1. The predicted molar refractivity (Wildman–Crippen MR) is 87.0 cm³/mol. The van der Waals surface area contributed by atoms with Crippen LogP contribution in [0.25, 0.3) is 10.2 Å². The van der Waals surface area contributed by atoms with Crippen LogP contribution in [0, 0.1) is 0 Å². The summed E-state index contributed by atoms with van der Waals surface area (Å²) in [6.45, 7) is 6.11. The van der Waals surface area contributed by atoms with Gasteiger partial charge in [0.25, 0.3) is 0 Å². The molecule has 1 aliphatic heterocycles. The van der Waals surface area contributed by atoms with Crippen molar-refractivity contribution in [1.29, 1.82) is 0 Å². The second kappa shape index (κ2) is 6.58. The average Bonchev–Trinajstić information content (AvgIpc) is 2.91. The molecule has 6 heteroatoms. The van der Waals surface area contributed by atoms with Gasteiger partial charge in [-0.15, -0.1) is 11.3 Å². The van der Waals surface area contributed by atoms with Crippen molar-refractivity contribution in [2.45, 2.75) is 32.6 Å². The summed E-state index contributed by atoms with van der Waals surface area (Å²) in [5.74, 6) is 0.922. The van der Waals surface area contributed by atoms with E-state index in [2.05, 4.69) is 27.9 Å². The maximum atomic E-state index is 5.89. The highest BCUT2D eigenvalue weighted by Crippen LogP contribution is 2.31. The SMILES string of the molecule is CCc1cc2c(OCCN3CCCCC3)nc(N)nc2s1. The van der Waals surface area contributed by atoms with Gasteiger partial charge in [-0.05, 0) is 38.4 Å².